The summed E-state index contributed by atoms with van der Waals surface area (Å²) in [5.41, 5.74) is 6.89. The molecule has 6 fully saturated rings. The molecule has 340 valence electrons. The van der Waals surface area contributed by atoms with Crippen molar-refractivity contribution in [3.8, 4) is 0 Å². The number of hydrogen-bond acceptors (Lipinski definition) is 8. The second kappa shape index (κ2) is 20.5. The number of amides is 2. The Morgan fingerprint density at radius 1 is 0.683 bits per heavy atom. The number of carbonyl (C=O) groups excluding carboxylic acids is 2. The first-order valence-electron chi connectivity index (χ1n) is 21.2. The van der Waals surface area contributed by atoms with E-state index in [-0.39, 0.29) is 64.0 Å². The standard InChI is InChI=1S/C22H23BrF2N2OS.C11H16BNO2.C11H9BrF2INOS.CH4/c23-19-17(14-5-4-6-16(11-14)26-9-2-1-3-10-26)7-8-18-20(19)29-21(28)27(18)13-15-12-22(15,24)25;14-12(15)10-5-4-6-11(9-10)13-7-2-1-3-8-13;12-8-6(15)1-2-7-9(8)18-10(17)16(7)4-5-3-11(5,13)14;/h4-8,11,15,19-20H,1-3,9-10,12-13H2;4-6,9,14-15H,1-3,7-8H2;1-2,5,8-9H,3-4H2;1H4/t15?,19?,20-;;5?,8?,9-;/m0.0./s1. The molecule has 2 saturated carbocycles. The van der Waals surface area contributed by atoms with Crippen molar-refractivity contribution in [1.82, 2.24) is 9.80 Å². The molecule has 2 aromatic carbocycles. The predicted molar refractivity (Wildman–Crippen MR) is 266 cm³/mol. The number of rotatable bonds is 8. The summed E-state index contributed by atoms with van der Waals surface area (Å²) >= 11 is 12.0. The van der Waals surface area contributed by atoms with Crippen LogP contribution in [0.4, 0.5) is 38.5 Å². The fraction of sp³-hybridized carbons (Fsp3) is 0.511. The first-order valence-corrected chi connectivity index (χ1v) is 25.8. The van der Waals surface area contributed by atoms with Crippen LogP contribution in [0.2, 0.25) is 0 Å². The lowest BCUT2D eigenvalue weighted by Crippen LogP contribution is -2.33. The first kappa shape index (κ1) is 49.0. The van der Waals surface area contributed by atoms with Crippen LogP contribution in [-0.2, 0) is 0 Å². The minimum absolute atomic E-state index is 0. The molecule has 0 spiro atoms. The van der Waals surface area contributed by atoms with E-state index in [4.69, 9.17) is 10.0 Å². The fourth-order valence-corrected chi connectivity index (χ4v) is 13.4. The Balaban J connectivity index is 0.000000151. The van der Waals surface area contributed by atoms with Crippen molar-refractivity contribution in [2.24, 2.45) is 11.8 Å². The minimum atomic E-state index is -2.61. The average Bonchev–Trinajstić information content (AvgIpc) is 3.97. The van der Waals surface area contributed by atoms with Gasteiger partial charge in [-0.05, 0) is 120 Å². The highest BCUT2D eigenvalue weighted by molar-refractivity contribution is 14.1. The van der Waals surface area contributed by atoms with Gasteiger partial charge < -0.3 is 29.6 Å². The molecule has 0 aromatic heterocycles. The van der Waals surface area contributed by atoms with E-state index >= 15 is 0 Å². The quantitative estimate of drug-likeness (QED) is 0.117. The Morgan fingerprint density at radius 2 is 1.14 bits per heavy atom. The number of alkyl halides is 6. The highest BCUT2D eigenvalue weighted by Gasteiger charge is 2.60. The molecular weight excluding hydrogens is 1100 g/mol. The van der Waals surface area contributed by atoms with Crippen LogP contribution in [-0.4, -0.2) is 109 Å². The van der Waals surface area contributed by atoms with E-state index < -0.39 is 30.8 Å². The summed E-state index contributed by atoms with van der Waals surface area (Å²) in [4.78, 5) is 32.3. The largest absolute Gasteiger partial charge is 0.488 e. The third-order valence-electron chi connectivity index (χ3n) is 12.5. The van der Waals surface area contributed by atoms with Gasteiger partial charge in [-0.3, -0.25) is 9.59 Å². The molecule has 0 radical (unpaired) electrons. The molecule has 4 heterocycles. The lowest BCUT2D eigenvalue weighted by Gasteiger charge is -2.30. The van der Waals surface area contributed by atoms with Gasteiger partial charge in [-0.25, -0.2) is 17.6 Å². The van der Waals surface area contributed by atoms with E-state index in [1.165, 1.54) is 72.6 Å². The first-order chi connectivity index (χ1) is 29.6. The third kappa shape index (κ3) is 11.3. The van der Waals surface area contributed by atoms with E-state index in [1.54, 1.807) is 11.0 Å². The predicted octanol–water partition coefficient (Wildman–Crippen LogP) is 11.1. The average molecular weight is 1150 g/mol. The summed E-state index contributed by atoms with van der Waals surface area (Å²) in [7, 11) is -1.37. The zero-order chi connectivity index (χ0) is 43.9. The van der Waals surface area contributed by atoms with Crippen LogP contribution in [0, 0.1) is 11.8 Å². The second-order valence-corrected chi connectivity index (χ2v) is 22.3. The van der Waals surface area contributed by atoms with Gasteiger partial charge in [0.25, 0.3) is 22.3 Å². The van der Waals surface area contributed by atoms with Gasteiger partial charge >= 0.3 is 7.12 Å². The monoisotopic (exact) mass is 1150 g/mol. The molecule has 63 heavy (non-hydrogen) atoms. The molecule has 2 amide bonds. The Labute approximate surface area is 406 Å². The summed E-state index contributed by atoms with van der Waals surface area (Å²) in [6.07, 6.45) is 15.1. The Kier molecular flexibility index (Phi) is 15.9. The molecular formula is C45H52BBr2F4IN4O4S2. The van der Waals surface area contributed by atoms with Gasteiger partial charge in [0, 0.05) is 90.3 Å². The molecule has 10 rings (SSSR count). The Morgan fingerprint density at radius 3 is 1.63 bits per heavy atom. The number of benzene rings is 2. The highest BCUT2D eigenvalue weighted by atomic mass is 127. The van der Waals surface area contributed by atoms with E-state index in [9.17, 15) is 27.2 Å². The lowest BCUT2D eigenvalue weighted by atomic mass is 9.80. The summed E-state index contributed by atoms with van der Waals surface area (Å²) in [5.74, 6) is -6.55. The van der Waals surface area contributed by atoms with Gasteiger partial charge in [0.2, 0.25) is 0 Å². The van der Waals surface area contributed by atoms with Crippen LogP contribution < -0.4 is 15.3 Å². The zero-order valence-corrected chi connectivity index (χ0v) is 40.8. The fourth-order valence-electron chi connectivity index (χ4n) is 8.66. The maximum Gasteiger partial charge on any atom is 0.488 e. The number of thioether (sulfide) groups is 2. The zero-order valence-electron chi connectivity index (χ0n) is 33.8. The van der Waals surface area contributed by atoms with E-state index in [2.05, 4.69) is 88.5 Å². The van der Waals surface area contributed by atoms with Gasteiger partial charge in [0.15, 0.2) is 0 Å². The van der Waals surface area contributed by atoms with Crippen molar-refractivity contribution in [3.05, 3.63) is 93.4 Å². The van der Waals surface area contributed by atoms with Crippen LogP contribution in [0.1, 0.15) is 64.4 Å². The Bertz CT molecular complexity index is 2160. The van der Waals surface area contributed by atoms with Gasteiger partial charge in [0.05, 0.1) is 20.2 Å². The number of allylic oxidation sites excluding steroid dienone is 6. The minimum Gasteiger partial charge on any atom is -0.423 e. The van der Waals surface area contributed by atoms with Crippen LogP contribution >= 0.6 is 78.0 Å². The summed E-state index contributed by atoms with van der Waals surface area (Å²) in [5, 5.41) is 17.9. The number of nitrogens with zero attached hydrogens (tertiary/aromatic N) is 4. The summed E-state index contributed by atoms with van der Waals surface area (Å²) in [6, 6.07) is 16.1. The van der Waals surface area contributed by atoms with Crippen molar-refractivity contribution in [2.75, 3.05) is 49.1 Å². The number of hydrogen-bond donors (Lipinski definition) is 2. The molecule has 2 N–H and O–H groups in total. The number of anilines is 2. The van der Waals surface area contributed by atoms with Crippen LogP contribution in [0.3, 0.4) is 0 Å². The normalized spacial score (nSPS) is 28.7. The molecule has 4 saturated heterocycles. The second-order valence-electron chi connectivity index (χ2n) is 16.9. The van der Waals surface area contributed by atoms with E-state index in [1.807, 2.05) is 42.5 Å². The number of piperidine rings is 2. The van der Waals surface area contributed by atoms with Crippen molar-refractivity contribution >= 4 is 118 Å². The molecule has 4 unspecified atom stereocenters. The lowest BCUT2D eigenvalue weighted by molar-refractivity contribution is 0.0932. The number of halogens is 7. The smallest absolute Gasteiger partial charge is 0.423 e. The van der Waals surface area contributed by atoms with Crippen LogP contribution in [0.25, 0.3) is 5.57 Å². The molecule has 8 nitrogen and oxygen atoms in total. The van der Waals surface area contributed by atoms with E-state index in [0.717, 1.165) is 58.0 Å². The molecule has 0 bridgehead atoms. The SMILES string of the molecule is C.O=C1S[C@H]2C(=CC=C(I)C2Br)N1CC1CC1(F)F.O=C1S[C@H]2C(=CC=C(c3cccc(N4CCCCC4)c3)C2Br)N1CC1CC1(F)F.OB(O)c1cccc(N2CCCCC2)c1. The topological polar surface area (TPSA) is 87.6 Å². The molecule has 4 aliphatic heterocycles. The molecule has 8 aliphatic rings. The maximum absolute atomic E-state index is 13.4. The molecule has 18 heteroatoms. The van der Waals surface area contributed by atoms with Crippen molar-refractivity contribution < 1.29 is 37.2 Å². The highest BCUT2D eigenvalue weighted by Crippen LogP contribution is 2.54. The van der Waals surface area contributed by atoms with Gasteiger partial charge in [-0.15, -0.1) is 0 Å². The van der Waals surface area contributed by atoms with E-state index in [0.29, 0.717) is 5.46 Å². The van der Waals surface area contributed by atoms with Crippen molar-refractivity contribution in [2.45, 2.75) is 90.8 Å². The molecule has 6 atom stereocenters. The number of carbonyl (C=O) groups is 2. The molecule has 2 aromatic rings. The molecule has 4 aliphatic carbocycles. The van der Waals surface area contributed by atoms with Gasteiger partial charge in [-0.1, -0.05) is 93.2 Å². The Hall–Kier alpha value is -1.97. The van der Waals surface area contributed by atoms with Crippen molar-refractivity contribution in [1.29, 1.82) is 0 Å². The number of fused-ring (bicyclic) bond motifs is 2. The maximum atomic E-state index is 13.4. The summed E-state index contributed by atoms with van der Waals surface area (Å²) in [6.45, 7) is 4.60. The van der Waals surface area contributed by atoms with Crippen LogP contribution in [0.5, 0.6) is 0 Å². The van der Waals surface area contributed by atoms with Crippen molar-refractivity contribution in [3.63, 3.8) is 0 Å². The van der Waals surface area contributed by atoms with Crippen LogP contribution in [0.15, 0.2) is 87.8 Å². The summed E-state index contributed by atoms with van der Waals surface area (Å²) < 4.78 is 53.8. The third-order valence-corrected chi connectivity index (χ3v) is 19.6. The van der Waals surface area contributed by atoms with Gasteiger partial charge in [0.1, 0.15) is 0 Å². The van der Waals surface area contributed by atoms with Gasteiger partial charge in [-0.2, -0.15) is 0 Å².